The van der Waals surface area contributed by atoms with E-state index in [4.69, 9.17) is 37.4 Å². The number of methoxy groups -OCH3 is 2. The molecule has 0 radical (unpaired) electrons. The number of aliphatic hydroxyl groups is 1. The maximum Gasteiger partial charge on any atom is 0.295 e. The minimum atomic E-state index is -0.799. The molecule has 7 nitrogen and oxygen atoms in total. The largest absolute Gasteiger partial charge is 0.507 e. The molecular formula is C26H29Cl2NO6. The summed E-state index contributed by atoms with van der Waals surface area (Å²) in [6.07, 6.45) is 2.58. The second kappa shape index (κ2) is 11.7. The van der Waals surface area contributed by atoms with E-state index < -0.39 is 23.5 Å². The van der Waals surface area contributed by atoms with Crippen molar-refractivity contribution >= 4 is 40.7 Å². The molecule has 1 amide bonds. The molecular weight excluding hydrogens is 493 g/mol. The van der Waals surface area contributed by atoms with Crippen LogP contribution in [-0.2, 0) is 9.59 Å². The molecule has 0 spiro atoms. The van der Waals surface area contributed by atoms with Gasteiger partial charge in [0.05, 0.1) is 43.0 Å². The third kappa shape index (κ3) is 5.21. The lowest BCUT2D eigenvalue weighted by atomic mass is 9.94. The Balaban J connectivity index is 2.22. The zero-order valence-electron chi connectivity index (χ0n) is 20.2. The minimum absolute atomic E-state index is 0.0406. The molecule has 1 aliphatic heterocycles. The molecule has 1 fully saturated rings. The van der Waals surface area contributed by atoms with Crippen LogP contribution in [-0.4, -0.2) is 49.1 Å². The van der Waals surface area contributed by atoms with E-state index in [0.717, 1.165) is 19.3 Å². The maximum absolute atomic E-state index is 13.2. The van der Waals surface area contributed by atoms with E-state index in [2.05, 4.69) is 6.92 Å². The SMILES string of the molecule is CCCCCN1C(=O)C(=O)/C(=C(/O)c2cc(Cl)c(OC)c(Cl)c2OC)C1c1ccc(OCC)cc1. The van der Waals surface area contributed by atoms with Crippen molar-refractivity contribution in [1.29, 1.82) is 0 Å². The Kier molecular flexibility index (Phi) is 8.92. The van der Waals surface area contributed by atoms with Crippen LogP contribution in [0, 0.1) is 0 Å². The van der Waals surface area contributed by atoms with Crippen LogP contribution in [0.4, 0.5) is 0 Å². The fourth-order valence-electron chi connectivity index (χ4n) is 4.19. The Morgan fingerprint density at radius 1 is 1.03 bits per heavy atom. The van der Waals surface area contributed by atoms with E-state index in [-0.39, 0.29) is 32.7 Å². The topological polar surface area (TPSA) is 85.3 Å². The smallest absolute Gasteiger partial charge is 0.295 e. The van der Waals surface area contributed by atoms with Gasteiger partial charge in [0.1, 0.15) is 16.5 Å². The number of amides is 1. The maximum atomic E-state index is 13.2. The van der Waals surface area contributed by atoms with Crippen molar-refractivity contribution in [3.05, 3.63) is 57.1 Å². The quantitative estimate of drug-likeness (QED) is 0.178. The van der Waals surface area contributed by atoms with E-state index in [1.165, 1.54) is 25.2 Å². The number of ketones is 1. The number of hydrogen-bond donors (Lipinski definition) is 1. The Hall–Kier alpha value is -2.90. The van der Waals surface area contributed by atoms with Crippen molar-refractivity contribution in [2.45, 2.75) is 39.2 Å². The monoisotopic (exact) mass is 521 g/mol. The van der Waals surface area contributed by atoms with E-state index in [1.807, 2.05) is 6.92 Å². The zero-order chi connectivity index (χ0) is 25.7. The molecule has 35 heavy (non-hydrogen) atoms. The fourth-order valence-corrected chi connectivity index (χ4v) is 4.88. The molecule has 2 aromatic carbocycles. The van der Waals surface area contributed by atoms with Crippen molar-refractivity contribution in [2.75, 3.05) is 27.4 Å². The Morgan fingerprint density at radius 3 is 2.26 bits per heavy atom. The van der Waals surface area contributed by atoms with Gasteiger partial charge in [0.25, 0.3) is 11.7 Å². The number of aliphatic hydroxyl groups excluding tert-OH is 1. The Morgan fingerprint density at radius 2 is 1.69 bits per heavy atom. The van der Waals surface area contributed by atoms with Crippen LogP contribution >= 0.6 is 23.2 Å². The molecule has 1 N–H and O–H groups in total. The van der Waals surface area contributed by atoms with Crippen LogP contribution in [0.15, 0.2) is 35.9 Å². The van der Waals surface area contributed by atoms with E-state index >= 15 is 0 Å². The highest BCUT2D eigenvalue weighted by Crippen LogP contribution is 2.47. The van der Waals surface area contributed by atoms with Gasteiger partial charge in [-0.05, 0) is 37.1 Å². The molecule has 2 aromatic rings. The van der Waals surface area contributed by atoms with Crippen LogP contribution in [0.5, 0.6) is 17.2 Å². The van der Waals surface area contributed by atoms with E-state index in [0.29, 0.717) is 24.5 Å². The molecule has 0 aromatic heterocycles. The van der Waals surface area contributed by atoms with Crippen LogP contribution < -0.4 is 14.2 Å². The molecule has 0 saturated carbocycles. The van der Waals surface area contributed by atoms with Crippen LogP contribution in [0.25, 0.3) is 5.76 Å². The summed E-state index contributed by atoms with van der Waals surface area (Å²) in [5.41, 5.74) is 0.687. The van der Waals surface area contributed by atoms with Gasteiger partial charge in [0.2, 0.25) is 0 Å². The Bertz CT molecular complexity index is 1130. The number of nitrogens with zero attached hydrogens (tertiary/aromatic N) is 1. The number of benzene rings is 2. The lowest BCUT2D eigenvalue weighted by Crippen LogP contribution is -2.30. The first kappa shape index (κ1) is 26.7. The third-order valence-electron chi connectivity index (χ3n) is 5.84. The molecule has 1 aliphatic rings. The summed E-state index contributed by atoms with van der Waals surface area (Å²) in [6, 6.07) is 7.71. The highest BCUT2D eigenvalue weighted by Gasteiger charge is 2.46. The summed E-state index contributed by atoms with van der Waals surface area (Å²) >= 11 is 12.7. The number of unbranched alkanes of at least 4 members (excludes halogenated alkanes) is 2. The predicted molar refractivity (Wildman–Crippen MR) is 136 cm³/mol. The normalized spacial score (nSPS) is 17.1. The van der Waals surface area contributed by atoms with Crippen molar-refractivity contribution < 1.29 is 28.9 Å². The van der Waals surface area contributed by atoms with E-state index in [9.17, 15) is 14.7 Å². The van der Waals surface area contributed by atoms with Crippen molar-refractivity contribution in [1.82, 2.24) is 4.90 Å². The van der Waals surface area contributed by atoms with Gasteiger partial charge in [-0.25, -0.2) is 0 Å². The summed E-state index contributed by atoms with van der Waals surface area (Å²) in [5.74, 6) is -0.981. The number of rotatable bonds is 10. The molecule has 1 heterocycles. The van der Waals surface area contributed by atoms with Gasteiger partial charge in [0.15, 0.2) is 11.5 Å². The molecule has 3 rings (SSSR count). The Labute approximate surface area is 215 Å². The van der Waals surface area contributed by atoms with Gasteiger partial charge in [-0.1, -0.05) is 55.1 Å². The summed E-state index contributed by atoms with van der Waals surface area (Å²) in [7, 11) is 2.78. The van der Waals surface area contributed by atoms with Crippen LogP contribution in [0.2, 0.25) is 10.0 Å². The van der Waals surface area contributed by atoms with Crippen LogP contribution in [0.1, 0.15) is 50.3 Å². The highest BCUT2D eigenvalue weighted by molar-refractivity contribution is 6.47. The molecule has 1 saturated heterocycles. The molecule has 1 atom stereocenters. The number of halogens is 2. The van der Waals surface area contributed by atoms with Gasteiger partial charge < -0.3 is 24.2 Å². The van der Waals surface area contributed by atoms with Crippen molar-refractivity contribution in [3.8, 4) is 17.2 Å². The van der Waals surface area contributed by atoms with Gasteiger partial charge in [-0.2, -0.15) is 0 Å². The summed E-state index contributed by atoms with van der Waals surface area (Å²) in [4.78, 5) is 27.8. The van der Waals surface area contributed by atoms with Gasteiger partial charge in [0, 0.05) is 6.54 Å². The summed E-state index contributed by atoms with van der Waals surface area (Å²) < 4.78 is 16.2. The minimum Gasteiger partial charge on any atom is -0.507 e. The lowest BCUT2D eigenvalue weighted by molar-refractivity contribution is -0.139. The fraction of sp³-hybridized carbons (Fsp3) is 0.385. The summed E-state index contributed by atoms with van der Waals surface area (Å²) in [6.45, 7) is 4.82. The average Bonchev–Trinajstić information content (AvgIpc) is 3.09. The second-order valence-corrected chi connectivity index (χ2v) is 8.77. The van der Waals surface area contributed by atoms with Gasteiger partial charge in [-0.15, -0.1) is 0 Å². The van der Waals surface area contributed by atoms with Gasteiger partial charge >= 0.3 is 0 Å². The third-order valence-corrected chi connectivity index (χ3v) is 6.47. The lowest BCUT2D eigenvalue weighted by Gasteiger charge is -2.25. The number of ether oxygens (including phenoxy) is 3. The predicted octanol–water partition coefficient (Wildman–Crippen LogP) is 6.02. The highest BCUT2D eigenvalue weighted by atomic mass is 35.5. The molecule has 1 unspecified atom stereocenters. The number of carbonyl (C=O) groups is 2. The molecule has 9 heteroatoms. The second-order valence-electron chi connectivity index (χ2n) is 7.99. The molecule has 0 aliphatic carbocycles. The number of carbonyl (C=O) groups excluding carboxylic acids is 2. The first-order chi connectivity index (χ1) is 16.8. The number of likely N-dealkylation sites (tertiary alicyclic amines) is 1. The van der Waals surface area contributed by atoms with Crippen LogP contribution in [0.3, 0.4) is 0 Å². The summed E-state index contributed by atoms with van der Waals surface area (Å²) in [5, 5.41) is 11.6. The van der Waals surface area contributed by atoms with Crippen molar-refractivity contribution in [2.24, 2.45) is 0 Å². The van der Waals surface area contributed by atoms with E-state index in [1.54, 1.807) is 24.3 Å². The standard InChI is InChI=1S/C26H29Cl2NO6/c1-5-7-8-13-29-21(15-9-11-16(12-10-15)35-6-2)19(23(31)26(29)32)22(30)17-14-18(27)25(34-4)20(28)24(17)33-3/h9-12,14,21,30H,5-8,13H2,1-4H3/b22-19+. The van der Waals surface area contributed by atoms with Crippen molar-refractivity contribution in [3.63, 3.8) is 0 Å². The number of Topliss-reactive ketones (excluding diaryl/α,β-unsaturated/α-hetero) is 1. The zero-order valence-corrected chi connectivity index (χ0v) is 21.7. The average molecular weight is 522 g/mol. The molecule has 0 bridgehead atoms. The first-order valence-electron chi connectivity index (χ1n) is 11.4. The van der Waals surface area contributed by atoms with Gasteiger partial charge in [-0.3, -0.25) is 9.59 Å². The number of hydrogen-bond acceptors (Lipinski definition) is 6. The molecule has 188 valence electrons. The first-order valence-corrected chi connectivity index (χ1v) is 12.2.